The highest BCUT2D eigenvalue weighted by molar-refractivity contribution is 6.01. The van der Waals surface area contributed by atoms with Crippen LogP contribution in [0.25, 0.3) is 0 Å². The predicted molar refractivity (Wildman–Crippen MR) is 101 cm³/mol. The fourth-order valence-corrected chi connectivity index (χ4v) is 4.52. The average Bonchev–Trinajstić information content (AvgIpc) is 3.22. The van der Waals surface area contributed by atoms with Crippen molar-refractivity contribution in [2.24, 2.45) is 5.92 Å². The van der Waals surface area contributed by atoms with Gasteiger partial charge in [0.15, 0.2) is 0 Å². The highest BCUT2D eigenvalue weighted by Gasteiger charge is 2.40. The van der Waals surface area contributed by atoms with E-state index in [0.717, 1.165) is 25.9 Å². The molecular formula is C20H27N3O4. The molecular weight excluding hydrogens is 346 g/mol. The van der Waals surface area contributed by atoms with Crippen molar-refractivity contribution >= 4 is 17.5 Å². The second-order valence-corrected chi connectivity index (χ2v) is 7.65. The van der Waals surface area contributed by atoms with Crippen LogP contribution in [0.3, 0.4) is 0 Å². The van der Waals surface area contributed by atoms with Crippen LogP contribution in [-0.2, 0) is 9.59 Å². The number of amides is 2. The van der Waals surface area contributed by atoms with E-state index in [-0.39, 0.29) is 24.2 Å². The Morgan fingerprint density at radius 1 is 1.11 bits per heavy atom. The Kier molecular flexibility index (Phi) is 4.95. The maximum Gasteiger partial charge on any atom is 0.228 e. The quantitative estimate of drug-likeness (QED) is 0.864. The molecule has 0 spiro atoms. The molecule has 27 heavy (non-hydrogen) atoms. The Morgan fingerprint density at radius 2 is 1.93 bits per heavy atom. The summed E-state index contributed by atoms with van der Waals surface area (Å²) in [4.78, 5) is 29.4. The van der Waals surface area contributed by atoms with E-state index in [9.17, 15) is 9.59 Å². The Balaban J connectivity index is 1.48. The molecule has 3 atom stereocenters. The van der Waals surface area contributed by atoms with Crippen LogP contribution in [0.5, 0.6) is 11.5 Å². The zero-order valence-electron chi connectivity index (χ0n) is 15.9. The van der Waals surface area contributed by atoms with Gasteiger partial charge in [-0.25, -0.2) is 0 Å². The minimum atomic E-state index is -0.291. The van der Waals surface area contributed by atoms with Crippen molar-refractivity contribution in [1.82, 2.24) is 10.2 Å². The van der Waals surface area contributed by atoms with Gasteiger partial charge in [0.2, 0.25) is 11.8 Å². The molecule has 1 N–H and O–H groups in total. The molecule has 3 saturated heterocycles. The lowest BCUT2D eigenvalue weighted by molar-refractivity contribution is -0.136. The summed E-state index contributed by atoms with van der Waals surface area (Å²) in [7, 11) is 3.16. The molecule has 146 valence electrons. The Hall–Kier alpha value is -2.28. The van der Waals surface area contributed by atoms with E-state index in [4.69, 9.17) is 9.47 Å². The molecule has 0 saturated carbocycles. The van der Waals surface area contributed by atoms with Gasteiger partial charge in [-0.3, -0.25) is 9.59 Å². The third-order valence-electron chi connectivity index (χ3n) is 5.99. The normalized spacial score (nSPS) is 27.6. The number of nitrogens with zero attached hydrogens (tertiary/aromatic N) is 2. The van der Waals surface area contributed by atoms with Gasteiger partial charge in [0.05, 0.1) is 25.8 Å². The van der Waals surface area contributed by atoms with E-state index in [2.05, 4.69) is 5.32 Å². The molecule has 3 aliphatic rings. The van der Waals surface area contributed by atoms with E-state index in [1.54, 1.807) is 31.3 Å². The fourth-order valence-electron chi connectivity index (χ4n) is 4.52. The van der Waals surface area contributed by atoms with E-state index >= 15 is 0 Å². The molecule has 2 amide bonds. The second kappa shape index (κ2) is 7.38. The first-order chi connectivity index (χ1) is 13.1. The standard InChI is InChI=1S/C20H27N3O4/c1-26-16-5-6-17(18(10-16)27-2)23-11-13(9-19(23)24)20(25)22-8-7-14-3-4-15(12-22)21-14/h5-6,10,13-15,21H,3-4,7-9,11-12H2,1-2H3. The van der Waals surface area contributed by atoms with E-state index in [1.807, 2.05) is 11.0 Å². The number of hydrogen-bond acceptors (Lipinski definition) is 5. The summed E-state index contributed by atoms with van der Waals surface area (Å²) < 4.78 is 10.7. The first kappa shape index (κ1) is 18.1. The van der Waals surface area contributed by atoms with Gasteiger partial charge in [0, 0.05) is 44.2 Å². The van der Waals surface area contributed by atoms with Crippen molar-refractivity contribution in [3.8, 4) is 11.5 Å². The first-order valence-corrected chi connectivity index (χ1v) is 9.66. The van der Waals surface area contributed by atoms with Crippen molar-refractivity contribution in [2.75, 3.05) is 38.8 Å². The maximum atomic E-state index is 13.1. The molecule has 1 aromatic carbocycles. The number of nitrogens with one attached hydrogen (secondary N) is 1. The molecule has 7 nitrogen and oxygen atoms in total. The van der Waals surface area contributed by atoms with Gasteiger partial charge >= 0.3 is 0 Å². The minimum Gasteiger partial charge on any atom is -0.497 e. The number of carbonyl (C=O) groups is 2. The molecule has 1 aromatic rings. The highest BCUT2D eigenvalue weighted by Crippen LogP contribution is 2.36. The maximum absolute atomic E-state index is 13.1. The van der Waals surface area contributed by atoms with Crippen LogP contribution in [0.15, 0.2) is 18.2 Å². The van der Waals surface area contributed by atoms with Gasteiger partial charge in [-0.05, 0) is 31.4 Å². The highest BCUT2D eigenvalue weighted by atomic mass is 16.5. The SMILES string of the molecule is COc1ccc(N2CC(C(=O)N3CCC4CCC(C3)N4)CC2=O)c(OC)c1. The Bertz CT molecular complexity index is 738. The number of ether oxygens (including phenoxy) is 2. The van der Waals surface area contributed by atoms with Crippen molar-refractivity contribution in [3.63, 3.8) is 0 Å². The second-order valence-electron chi connectivity index (χ2n) is 7.65. The van der Waals surface area contributed by atoms with Crippen molar-refractivity contribution in [2.45, 2.75) is 37.8 Å². The molecule has 3 unspecified atom stereocenters. The molecule has 0 aliphatic carbocycles. The lowest BCUT2D eigenvalue weighted by Crippen LogP contribution is -2.42. The molecule has 2 bridgehead atoms. The topological polar surface area (TPSA) is 71.1 Å². The van der Waals surface area contributed by atoms with E-state index in [0.29, 0.717) is 35.8 Å². The molecule has 0 aromatic heterocycles. The van der Waals surface area contributed by atoms with Crippen molar-refractivity contribution in [3.05, 3.63) is 18.2 Å². The van der Waals surface area contributed by atoms with Crippen LogP contribution in [0, 0.1) is 5.92 Å². The number of hydrogen-bond donors (Lipinski definition) is 1. The number of fused-ring (bicyclic) bond motifs is 2. The number of likely N-dealkylation sites (tertiary alicyclic amines) is 1. The molecule has 3 fully saturated rings. The summed E-state index contributed by atoms with van der Waals surface area (Å²) >= 11 is 0. The number of methoxy groups -OCH3 is 2. The number of carbonyl (C=O) groups excluding carboxylic acids is 2. The third kappa shape index (κ3) is 3.48. The van der Waals surface area contributed by atoms with Gasteiger partial charge in [0.1, 0.15) is 11.5 Å². The molecule has 3 aliphatic heterocycles. The Morgan fingerprint density at radius 3 is 2.70 bits per heavy atom. The first-order valence-electron chi connectivity index (χ1n) is 9.66. The summed E-state index contributed by atoms with van der Waals surface area (Å²) in [5.74, 6) is 1.02. The minimum absolute atomic E-state index is 0.0358. The smallest absolute Gasteiger partial charge is 0.228 e. The lowest BCUT2D eigenvalue weighted by atomic mass is 10.0. The zero-order chi connectivity index (χ0) is 19.0. The molecule has 4 rings (SSSR count). The van der Waals surface area contributed by atoms with E-state index < -0.39 is 0 Å². The van der Waals surface area contributed by atoms with Crippen molar-refractivity contribution < 1.29 is 19.1 Å². The van der Waals surface area contributed by atoms with E-state index in [1.165, 1.54) is 6.42 Å². The van der Waals surface area contributed by atoms with Gasteiger partial charge in [-0.2, -0.15) is 0 Å². The number of anilines is 1. The molecule has 7 heteroatoms. The van der Waals surface area contributed by atoms with Gasteiger partial charge in [0.25, 0.3) is 0 Å². The molecule has 0 radical (unpaired) electrons. The van der Waals surface area contributed by atoms with Crippen LogP contribution in [0.2, 0.25) is 0 Å². The largest absolute Gasteiger partial charge is 0.497 e. The summed E-state index contributed by atoms with van der Waals surface area (Å²) in [5.41, 5.74) is 0.690. The zero-order valence-corrected chi connectivity index (χ0v) is 15.9. The average molecular weight is 373 g/mol. The van der Waals surface area contributed by atoms with Crippen LogP contribution in [0.1, 0.15) is 25.7 Å². The van der Waals surface area contributed by atoms with Crippen molar-refractivity contribution in [1.29, 1.82) is 0 Å². The third-order valence-corrected chi connectivity index (χ3v) is 5.99. The monoisotopic (exact) mass is 373 g/mol. The van der Waals surface area contributed by atoms with Crippen LogP contribution >= 0.6 is 0 Å². The summed E-state index contributed by atoms with van der Waals surface area (Å²) in [6, 6.07) is 6.32. The number of rotatable bonds is 4. The fraction of sp³-hybridized carbons (Fsp3) is 0.600. The lowest BCUT2D eigenvalue weighted by Gasteiger charge is -2.27. The molecule has 3 heterocycles. The summed E-state index contributed by atoms with van der Waals surface area (Å²) in [6.07, 6.45) is 3.60. The van der Waals surface area contributed by atoms with Crippen LogP contribution in [0.4, 0.5) is 5.69 Å². The Labute approximate surface area is 159 Å². The summed E-state index contributed by atoms with van der Waals surface area (Å²) in [6.45, 7) is 1.94. The van der Waals surface area contributed by atoms with Crippen LogP contribution in [-0.4, -0.2) is 62.7 Å². The van der Waals surface area contributed by atoms with Gasteiger partial charge in [-0.1, -0.05) is 0 Å². The summed E-state index contributed by atoms with van der Waals surface area (Å²) in [5, 5.41) is 3.60. The number of benzene rings is 1. The van der Waals surface area contributed by atoms with Gasteiger partial charge < -0.3 is 24.6 Å². The predicted octanol–water partition coefficient (Wildman–Crippen LogP) is 1.41. The van der Waals surface area contributed by atoms with Gasteiger partial charge in [-0.15, -0.1) is 0 Å². The van der Waals surface area contributed by atoms with Crippen LogP contribution < -0.4 is 19.7 Å².